The second kappa shape index (κ2) is 8.93. The number of benzene rings is 2. The van der Waals surface area contributed by atoms with E-state index >= 15 is 4.39 Å². The SMILES string of the molecule is Cc1oc(=O)oc1CN1CCN(c2cc3c(cc2F)c(=O)c(C(=O)O)c2n3C(c3ccccc3)S2)CC1. The van der Waals surface area contributed by atoms with Crippen molar-refractivity contribution in [2.45, 2.75) is 23.9 Å². The van der Waals surface area contributed by atoms with E-state index in [0.29, 0.717) is 60.5 Å². The Balaban J connectivity index is 1.36. The average molecular weight is 524 g/mol. The third kappa shape index (κ3) is 3.94. The van der Waals surface area contributed by atoms with Gasteiger partial charge in [-0.3, -0.25) is 9.69 Å². The number of carbonyl (C=O) groups is 1. The van der Waals surface area contributed by atoms with Crippen molar-refractivity contribution >= 4 is 34.3 Å². The molecule has 11 heteroatoms. The quantitative estimate of drug-likeness (QED) is 0.419. The number of pyridine rings is 1. The topological polar surface area (TPSA) is 109 Å². The Morgan fingerprint density at radius 3 is 2.49 bits per heavy atom. The van der Waals surface area contributed by atoms with Crippen molar-refractivity contribution < 1.29 is 23.1 Å². The van der Waals surface area contributed by atoms with E-state index in [1.54, 1.807) is 13.0 Å². The molecule has 37 heavy (non-hydrogen) atoms. The molecule has 9 nitrogen and oxygen atoms in total. The van der Waals surface area contributed by atoms with E-state index in [0.717, 1.165) is 11.6 Å². The molecular weight excluding hydrogens is 501 g/mol. The fourth-order valence-electron chi connectivity index (χ4n) is 4.99. The second-order valence-corrected chi connectivity index (χ2v) is 10.2. The van der Waals surface area contributed by atoms with Crippen molar-refractivity contribution in [2.24, 2.45) is 0 Å². The van der Waals surface area contributed by atoms with Crippen LogP contribution in [0.15, 0.2) is 65.9 Å². The number of aromatic nitrogens is 1. The lowest BCUT2D eigenvalue weighted by atomic mass is 10.1. The van der Waals surface area contributed by atoms with E-state index in [9.17, 15) is 19.5 Å². The average Bonchev–Trinajstić information content (AvgIpc) is 3.18. The first-order valence-corrected chi connectivity index (χ1v) is 12.6. The second-order valence-electron chi connectivity index (χ2n) is 9.08. The molecule has 4 aromatic rings. The van der Waals surface area contributed by atoms with Crippen molar-refractivity contribution in [1.82, 2.24) is 9.47 Å². The van der Waals surface area contributed by atoms with E-state index in [4.69, 9.17) is 8.83 Å². The van der Waals surface area contributed by atoms with Crippen molar-refractivity contribution in [2.75, 3.05) is 31.1 Å². The van der Waals surface area contributed by atoms with Crippen LogP contribution in [-0.4, -0.2) is 46.7 Å². The van der Waals surface area contributed by atoms with Crippen molar-refractivity contribution in [1.29, 1.82) is 0 Å². The molecule has 1 N–H and O–H groups in total. The summed E-state index contributed by atoms with van der Waals surface area (Å²) in [6.07, 6.45) is 0. The van der Waals surface area contributed by atoms with Gasteiger partial charge in [-0.05, 0) is 24.6 Å². The molecule has 0 spiro atoms. The van der Waals surface area contributed by atoms with Crippen LogP contribution in [0.25, 0.3) is 10.9 Å². The normalized spacial score (nSPS) is 17.6. The number of anilines is 1. The van der Waals surface area contributed by atoms with Gasteiger partial charge in [-0.1, -0.05) is 42.1 Å². The predicted octanol–water partition coefficient (Wildman–Crippen LogP) is 3.67. The monoisotopic (exact) mass is 523 g/mol. The van der Waals surface area contributed by atoms with Crippen molar-refractivity contribution in [3.63, 3.8) is 0 Å². The van der Waals surface area contributed by atoms with Crippen LogP contribution < -0.4 is 16.2 Å². The van der Waals surface area contributed by atoms with Crippen LogP contribution in [0.2, 0.25) is 0 Å². The Morgan fingerprint density at radius 2 is 1.84 bits per heavy atom. The number of aryl methyl sites for hydroxylation is 1. The summed E-state index contributed by atoms with van der Waals surface area (Å²) in [5.74, 6) is -1.70. The number of fused-ring (bicyclic) bond motifs is 3. The molecule has 2 aliphatic heterocycles. The molecule has 1 atom stereocenters. The number of rotatable bonds is 5. The number of hydrogen-bond donors (Lipinski definition) is 1. The van der Waals surface area contributed by atoms with Gasteiger partial charge in [0.1, 0.15) is 22.5 Å². The van der Waals surface area contributed by atoms with E-state index < -0.39 is 23.0 Å². The van der Waals surface area contributed by atoms with Gasteiger partial charge in [0.2, 0.25) is 5.43 Å². The summed E-state index contributed by atoms with van der Waals surface area (Å²) in [7, 11) is 0. The maximum absolute atomic E-state index is 15.4. The summed E-state index contributed by atoms with van der Waals surface area (Å²) in [4.78, 5) is 40.3. The first-order valence-electron chi connectivity index (χ1n) is 11.7. The molecule has 4 heterocycles. The van der Waals surface area contributed by atoms with Crippen LogP contribution in [0, 0.1) is 12.7 Å². The summed E-state index contributed by atoms with van der Waals surface area (Å²) in [6.45, 7) is 4.34. The smallest absolute Gasteiger partial charge is 0.477 e. The van der Waals surface area contributed by atoms with E-state index in [1.165, 1.54) is 11.8 Å². The molecule has 0 aliphatic carbocycles. The number of hydrogen-bond acceptors (Lipinski definition) is 8. The highest BCUT2D eigenvalue weighted by Gasteiger charge is 2.36. The van der Waals surface area contributed by atoms with Crippen LogP contribution >= 0.6 is 11.8 Å². The van der Waals surface area contributed by atoms with Crippen LogP contribution in [0.1, 0.15) is 32.8 Å². The Kier molecular flexibility index (Phi) is 5.68. The maximum Gasteiger partial charge on any atom is 0.519 e. The molecule has 2 aliphatic rings. The zero-order valence-electron chi connectivity index (χ0n) is 19.8. The van der Waals surface area contributed by atoms with Gasteiger partial charge in [0.25, 0.3) is 0 Å². The Labute approximate surface area is 213 Å². The molecule has 190 valence electrons. The molecule has 2 aromatic carbocycles. The Hall–Kier alpha value is -3.83. The number of aromatic carboxylic acids is 1. The zero-order valence-corrected chi connectivity index (χ0v) is 20.6. The van der Waals surface area contributed by atoms with E-state index in [-0.39, 0.29) is 16.3 Å². The fourth-order valence-corrected chi connectivity index (χ4v) is 6.27. The number of thioether (sulfide) groups is 1. The molecule has 6 rings (SSSR count). The molecule has 0 saturated carbocycles. The molecule has 1 unspecified atom stereocenters. The summed E-state index contributed by atoms with van der Waals surface area (Å²) in [5, 5.41) is 9.94. The molecule has 1 saturated heterocycles. The lowest BCUT2D eigenvalue weighted by Gasteiger charge is -2.37. The maximum atomic E-state index is 15.4. The number of halogens is 1. The largest absolute Gasteiger partial charge is 0.519 e. The summed E-state index contributed by atoms with van der Waals surface area (Å²) in [6, 6.07) is 12.4. The van der Waals surface area contributed by atoms with Gasteiger partial charge in [-0.15, -0.1) is 0 Å². The molecule has 0 radical (unpaired) electrons. The van der Waals surface area contributed by atoms with Gasteiger partial charge in [0.05, 0.1) is 22.8 Å². The highest BCUT2D eigenvalue weighted by atomic mass is 32.2. The van der Waals surface area contributed by atoms with E-state index in [2.05, 4.69) is 4.90 Å². The van der Waals surface area contributed by atoms with Crippen LogP contribution in [0.3, 0.4) is 0 Å². The lowest BCUT2D eigenvalue weighted by molar-refractivity contribution is 0.0689. The minimum Gasteiger partial charge on any atom is -0.477 e. The fraction of sp³-hybridized carbons (Fsp3) is 0.269. The van der Waals surface area contributed by atoms with Gasteiger partial charge in [0, 0.05) is 31.6 Å². The molecule has 1 fully saturated rings. The highest BCUT2D eigenvalue weighted by Crippen LogP contribution is 2.50. The number of carboxylic acid groups (broad SMARTS) is 1. The predicted molar refractivity (Wildman–Crippen MR) is 135 cm³/mol. The van der Waals surface area contributed by atoms with Gasteiger partial charge >= 0.3 is 11.8 Å². The minimum atomic E-state index is -1.32. The minimum absolute atomic E-state index is 0.0488. The lowest BCUT2D eigenvalue weighted by Crippen LogP contribution is -2.46. The first-order chi connectivity index (χ1) is 17.8. The van der Waals surface area contributed by atoms with Crippen LogP contribution in [0.5, 0.6) is 0 Å². The summed E-state index contributed by atoms with van der Waals surface area (Å²) in [5.41, 5.74) is 0.819. The molecule has 2 aromatic heterocycles. The first kappa shape index (κ1) is 23.6. The zero-order chi connectivity index (χ0) is 25.8. The molecular formula is C26H22FN3O6S. The van der Waals surface area contributed by atoms with Crippen molar-refractivity contribution in [3.8, 4) is 0 Å². The summed E-state index contributed by atoms with van der Waals surface area (Å²) >= 11 is 1.32. The number of piperazine rings is 1. The number of nitrogens with zero attached hydrogens (tertiary/aromatic N) is 3. The third-order valence-corrected chi connectivity index (χ3v) is 8.23. The van der Waals surface area contributed by atoms with Crippen LogP contribution in [0.4, 0.5) is 10.1 Å². The standard InChI is InChI=1S/C26H22FN3O6S/c1-14-20(36-26(34)35-14)13-28-7-9-29(10-8-28)19-12-18-16(11-17(19)27)22(31)21(25(32)33)24-30(18)23(37-24)15-5-3-2-4-6-15/h2-6,11-12,23H,7-10,13H2,1H3,(H,32,33). The van der Waals surface area contributed by atoms with Gasteiger partial charge < -0.3 is 23.4 Å². The Bertz CT molecular complexity index is 1650. The molecule has 0 bridgehead atoms. The number of carboxylic acids is 1. The third-order valence-electron chi connectivity index (χ3n) is 6.90. The summed E-state index contributed by atoms with van der Waals surface area (Å²) < 4.78 is 27.2. The van der Waals surface area contributed by atoms with Gasteiger partial charge in [-0.2, -0.15) is 0 Å². The molecule has 0 amide bonds. The van der Waals surface area contributed by atoms with E-state index in [1.807, 2.05) is 39.8 Å². The van der Waals surface area contributed by atoms with Crippen molar-refractivity contribution in [3.05, 3.63) is 91.8 Å². The van der Waals surface area contributed by atoms with Gasteiger partial charge in [-0.25, -0.2) is 14.0 Å². The Morgan fingerprint density at radius 1 is 1.11 bits per heavy atom. The van der Waals surface area contributed by atoms with Crippen LogP contribution in [-0.2, 0) is 6.54 Å². The van der Waals surface area contributed by atoms with Gasteiger partial charge in [0.15, 0.2) is 5.76 Å². The highest BCUT2D eigenvalue weighted by molar-refractivity contribution is 8.00.